The Bertz CT molecular complexity index is 439. The second kappa shape index (κ2) is 4.73. The minimum atomic E-state index is -0.411. The van der Waals surface area contributed by atoms with Crippen molar-refractivity contribution in [2.45, 2.75) is 0 Å². The van der Waals surface area contributed by atoms with Crippen LogP contribution >= 0.6 is 22.6 Å². The number of hydrogen-bond acceptors (Lipinski definition) is 3. The van der Waals surface area contributed by atoms with Crippen LogP contribution in [0.1, 0.15) is 5.56 Å². The smallest absolute Gasteiger partial charge is 0.412 e. The van der Waals surface area contributed by atoms with E-state index in [1.54, 1.807) is 7.11 Å². The number of ether oxygens (including phenoxy) is 2. The summed E-state index contributed by atoms with van der Waals surface area (Å²) < 4.78 is 11.2. The molecular weight excluding hydrogens is 321 g/mol. The van der Waals surface area contributed by atoms with Crippen LogP contribution in [-0.4, -0.2) is 19.7 Å². The van der Waals surface area contributed by atoms with Gasteiger partial charge in [-0.25, -0.2) is 4.79 Å². The summed E-state index contributed by atoms with van der Waals surface area (Å²) in [6.45, 7) is 0.515. The zero-order chi connectivity index (χ0) is 11.5. The lowest BCUT2D eigenvalue weighted by Gasteiger charge is -2.17. The van der Waals surface area contributed by atoms with Crippen molar-refractivity contribution >= 4 is 34.4 Å². The van der Waals surface area contributed by atoms with Crippen molar-refractivity contribution in [2.75, 3.05) is 13.7 Å². The van der Waals surface area contributed by atoms with Gasteiger partial charge in [0.2, 0.25) is 0 Å². The molecule has 1 amide bonds. The molecule has 5 heteroatoms. The fourth-order valence-corrected chi connectivity index (χ4v) is 1.98. The summed E-state index contributed by atoms with van der Waals surface area (Å²) in [6.07, 6.45) is -0.411. The van der Waals surface area contributed by atoms with Crippen molar-refractivity contribution in [3.05, 3.63) is 33.4 Å². The SMILES string of the molecule is COc1ccc(C2=C(I)CNC(=O)O2)cc1. The summed E-state index contributed by atoms with van der Waals surface area (Å²) in [6, 6.07) is 7.40. The molecule has 1 aliphatic rings. The lowest BCUT2D eigenvalue weighted by Crippen LogP contribution is -2.29. The fourth-order valence-electron chi connectivity index (χ4n) is 1.37. The Kier molecular flexibility index (Phi) is 3.33. The summed E-state index contributed by atoms with van der Waals surface area (Å²) in [4.78, 5) is 11.1. The van der Waals surface area contributed by atoms with Gasteiger partial charge in [-0.15, -0.1) is 0 Å². The van der Waals surface area contributed by atoms with Crippen LogP contribution in [-0.2, 0) is 4.74 Å². The molecule has 0 atom stereocenters. The van der Waals surface area contributed by atoms with Crippen molar-refractivity contribution in [1.82, 2.24) is 5.32 Å². The van der Waals surface area contributed by atoms with E-state index in [9.17, 15) is 4.79 Å². The summed E-state index contributed by atoms with van der Waals surface area (Å²) in [5.74, 6) is 1.40. The standard InChI is InChI=1S/C11H10INO3/c1-15-8-4-2-7(3-5-8)10-9(12)6-13-11(14)16-10/h2-5H,6H2,1H3,(H,13,14). The topological polar surface area (TPSA) is 47.6 Å². The third kappa shape index (κ3) is 2.29. The van der Waals surface area contributed by atoms with E-state index in [1.165, 1.54) is 0 Å². The average Bonchev–Trinajstić information content (AvgIpc) is 2.32. The first kappa shape index (κ1) is 11.3. The molecule has 0 bridgehead atoms. The number of alkyl carbamates (subject to hydrolysis) is 1. The Labute approximate surface area is 107 Å². The Hall–Kier alpha value is -1.24. The normalized spacial score (nSPS) is 15.5. The summed E-state index contributed by atoms with van der Waals surface area (Å²) >= 11 is 2.16. The van der Waals surface area contributed by atoms with Crippen LogP contribution in [0.4, 0.5) is 4.79 Å². The zero-order valence-corrected chi connectivity index (χ0v) is 10.8. The van der Waals surface area contributed by atoms with E-state index in [0.717, 1.165) is 14.9 Å². The van der Waals surface area contributed by atoms with Gasteiger partial charge in [-0.05, 0) is 46.9 Å². The Morgan fingerprint density at radius 1 is 1.38 bits per heavy atom. The minimum absolute atomic E-state index is 0.411. The fraction of sp³-hybridized carbons (Fsp3) is 0.182. The lowest BCUT2D eigenvalue weighted by atomic mass is 10.1. The molecule has 1 aliphatic heterocycles. The summed E-state index contributed by atoms with van der Waals surface area (Å²) in [5, 5.41) is 2.60. The first-order chi connectivity index (χ1) is 7.70. The van der Waals surface area contributed by atoms with E-state index < -0.39 is 6.09 Å². The van der Waals surface area contributed by atoms with Gasteiger partial charge in [0.25, 0.3) is 0 Å². The number of carbonyl (C=O) groups is 1. The van der Waals surface area contributed by atoms with Gasteiger partial charge in [-0.2, -0.15) is 0 Å². The molecule has 1 N–H and O–H groups in total. The van der Waals surface area contributed by atoms with Gasteiger partial charge in [0, 0.05) is 5.56 Å². The number of hydrogen-bond donors (Lipinski definition) is 1. The molecule has 0 spiro atoms. The zero-order valence-electron chi connectivity index (χ0n) is 8.62. The first-order valence-electron chi connectivity index (χ1n) is 4.69. The maximum absolute atomic E-state index is 11.1. The molecule has 4 nitrogen and oxygen atoms in total. The molecule has 84 valence electrons. The second-order valence-corrected chi connectivity index (χ2v) is 4.51. The molecular formula is C11H10INO3. The Morgan fingerprint density at radius 2 is 2.06 bits per heavy atom. The van der Waals surface area contributed by atoms with Crippen molar-refractivity contribution in [1.29, 1.82) is 0 Å². The minimum Gasteiger partial charge on any atom is -0.497 e. The van der Waals surface area contributed by atoms with Crippen molar-refractivity contribution in [3.8, 4) is 5.75 Å². The summed E-state index contributed by atoms with van der Waals surface area (Å²) in [5.41, 5.74) is 0.875. The largest absolute Gasteiger partial charge is 0.497 e. The van der Waals surface area contributed by atoms with Crippen LogP contribution < -0.4 is 10.1 Å². The Morgan fingerprint density at radius 3 is 2.69 bits per heavy atom. The first-order valence-corrected chi connectivity index (χ1v) is 5.77. The van der Waals surface area contributed by atoms with E-state index in [0.29, 0.717) is 12.3 Å². The third-order valence-electron chi connectivity index (χ3n) is 2.18. The van der Waals surface area contributed by atoms with Gasteiger partial charge in [-0.3, -0.25) is 0 Å². The molecule has 0 aromatic heterocycles. The van der Waals surface area contributed by atoms with E-state index in [4.69, 9.17) is 9.47 Å². The van der Waals surface area contributed by atoms with Gasteiger partial charge in [0.05, 0.1) is 17.2 Å². The highest BCUT2D eigenvalue weighted by Gasteiger charge is 2.19. The van der Waals surface area contributed by atoms with Crippen LogP contribution in [0, 0.1) is 0 Å². The maximum atomic E-state index is 11.1. The predicted octanol–water partition coefficient (Wildman–Crippen LogP) is 2.54. The number of rotatable bonds is 2. The molecule has 1 aromatic carbocycles. The maximum Gasteiger partial charge on any atom is 0.412 e. The predicted molar refractivity (Wildman–Crippen MR) is 68.4 cm³/mol. The molecule has 0 fully saturated rings. The monoisotopic (exact) mass is 331 g/mol. The molecule has 2 rings (SSSR count). The summed E-state index contributed by atoms with van der Waals surface area (Å²) in [7, 11) is 1.61. The van der Waals surface area contributed by atoms with E-state index in [-0.39, 0.29) is 0 Å². The second-order valence-electron chi connectivity index (χ2n) is 3.21. The van der Waals surface area contributed by atoms with Gasteiger partial charge < -0.3 is 14.8 Å². The molecule has 1 aromatic rings. The number of amides is 1. The highest BCUT2D eigenvalue weighted by atomic mass is 127. The van der Waals surface area contributed by atoms with Crippen LogP contribution in [0.25, 0.3) is 5.76 Å². The molecule has 0 saturated carbocycles. The van der Waals surface area contributed by atoms with Crippen LogP contribution in [0.5, 0.6) is 5.75 Å². The number of benzene rings is 1. The average molecular weight is 331 g/mol. The molecule has 16 heavy (non-hydrogen) atoms. The lowest BCUT2D eigenvalue weighted by molar-refractivity contribution is 0.189. The van der Waals surface area contributed by atoms with Crippen LogP contribution in [0.3, 0.4) is 0 Å². The number of nitrogens with one attached hydrogen (secondary N) is 1. The van der Waals surface area contributed by atoms with Crippen LogP contribution in [0.2, 0.25) is 0 Å². The number of carbonyl (C=O) groups excluding carboxylic acids is 1. The van der Waals surface area contributed by atoms with Crippen molar-refractivity contribution < 1.29 is 14.3 Å². The number of halogens is 1. The molecule has 0 saturated heterocycles. The van der Waals surface area contributed by atoms with Gasteiger partial charge in [0.15, 0.2) is 5.76 Å². The van der Waals surface area contributed by atoms with Crippen LogP contribution in [0.15, 0.2) is 27.8 Å². The highest BCUT2D eigenvalue weighted by molar-refractivity contribution is 14.1. The van der Waals surface area contributed by atoms with Crippen molar-refractivity contribution in [3.63, 3.8) is 0 Å². The van der Waals surface area contributed by atoms with Crippen molar-refractivity contribution in [2.24, 2.45) is 0 Å². The van der Waals surface area contributed by atoms with E-state index in [2.05, 4.69) is 27.9 Å². The highest BCUT2D eigenvalue weighted by Crippen LogP contribution is 2.27. The Balaban J connectivity index is 2.32. The van der Waals surface area contributed by atoms with E-state index in [1.807, 2.05) is 24.3 Å². The molecule has 0 aliphatic carbocycles. The van der Waals surface area contributed by atoms with Gasteiger partial charge in [-0.1, -0.05) is 0 Å². The van der Waals surface area contributed by atoms with Gasteiger partial charge in [0.1, 0.15) is 5.75 Å². The molecule has 0 unspecified atom stereocenters. The molecule has 1 heterocycles. The van der Waals surface area contributed by atoms with E-state index >= 15 is 0 Å². The quantitative estimate of drug-likeness (QED) is 0.848. The third-order valence-corrected chi connectivity index (χ3v) is 3.05. The number of methoxy groups -OCH3 is 1. The number of cyclic esters (lactones) is 1. The van der Waals surface area contributed by atoms with Gasteiger partial charge >= 0.3 is 6.09 Å². The molecule has 0 radical (unpaired) electrons.